The third kappa shape index (κ3) is 4.74. The van der Waals surface area contributed by atoms with E-state index in [-0.39, 0.29) is 5.91 Å². The van der Waals surface area contributed by atoms with Crippen LogP contribution < -0.4 is 10.6 Å². The van der Waals surface area contributed by atoms with Gasteiger partial charge in [0, 0.05) is 39.9 Å². The average Bonchev–Trinajstić information content (AvgIpc) is 2.64. The summed E-state index contributed by atoms with van der Waals surface area (Å²) in [7, 11) is 0. The molecule has 3 rings (SSSR count). The van der Waals surface area contributed by atoms with E-state index in [4.69, 9.17) is 11.6 Å². The Morgan fingerprint density at radius 3 is 2.73 bits per heavy atom. The van der Waals surface area contributed by atoms with E-state index in [1.165, 1.54) is 0 Å². The van der Waals surface area contributed by atoms with Gasteiger partial charge in [-0.15, -0.1) is 0 Å². The highest BCUT2D eigenvalue weighted by molar-refractivity contribution is 9.10. The Morgan fingerprint density at radius 1 is 1.08 bits per heavy atom. The van der Waals surface area contributed by atoms with Crippen molar-refractivity contribution in [2.75, 3.05) is 18.4 Å². The van der Waals surface area contributed by atoms with E-state index < -0.39 is 0 Å². The Labute approximate surface area is 166 Å². The third-order valence-corrected chi connectivity index (χ3v) is 4.95. The van der Waals surface area contributed by atoms with Crippen molar-refractivity contribution < 1.29 is 4.79 Å². The maximum absolute atomic E-state index is 12.1. The van der Waals surface area contributed by atoms with E-state index in [0.717, 1.165) is 40.4 Å². The molecular weight excluding hydrogens is 414 g/mol. The first kappa shape index (κ1) is 18.7. The van der Waals surface area contributed by atoms with Crippen LogP contribution in [0.4, 0.5) is 5.69 Å². The fourth-order valence-corrected chi connectivity index (χ4v) is 3.32. The highest BCUT2D eigenvalue weighted by Gasteiger charge is 2.08. The standard InChI is InChI=1S/C20H19BrClN3O/c21-17-6-2-1-5-15(17)20(26)25-11-4-3-10-23-18-9-12-24-19-13-14(22)7-8-16(18)19/h1-2,5-9,12-13H,3-4,10-11H2,(H,23,24)(H,25,26). The van der Waals surface area contributed by atoms with Crippen molar-refractivity contribution in [1.82, 2.24) is 10.3 Å². The molecule has 1 amide bonds. The van der Waals surface area contributed by atoms with Gasteiger partial charge in [-0.2, -0.15) is 0 Å². The first-order valence-electron chi connectivity index (χ1n) is 8.46. The fourth-order valence-electron chi connectivity index (χ4n) is 2.69. The molecule has 0 aliphatic rings. The number of hydrogen-bond donors (Lipinski definition) is 2. The molecule has 0 radical (unpaired) electrons. The smallest absolute Gasteiger partial charge is 0.252 e. The number of benzene rings is 2. The monoisotopic (exact) mass is 431 g/mol. The molecule has 3 aromatic rings. The highest BCUT2D eigenvalue weighted by Crippen LogP contribution is 2.24. The number of aromatic nitrogens is 1. The van der Waals surface area contributed by atoms with Gasteiger partial charge in [-0.05, 0) is 65.2 Å². The van der Waals surface area contributed by atoms with Crippen LogP contribution >= 0.6 is 27.5 Å². The molecule has 0 aliphatic carbocycles. The zero-order valence-electron chi connectivity index (χ0n) is 14.1. The van der Waals surface area contributed by atoms with Gasteiger partial charge in [0.2, 0.25) is 0 Å². The number of nitrogens with one attached hydrogen (secondary N) is 2. The third-order valence-electron chi connectivity index (χ3n) is 4.03. The molecule has 134 valence electrons. The van der Waals surface area contributed by atoms with E-state index in [0.29, 0.717) is 17.1 Å². The van der Waals surface area contributed by atoms with Crippen LogP contribution in [-0.4, -0.2) is 24.0 Å². The summed E-state index contributed by atoms with van der Waals surface area (Å²) in [6.07, 6.45) is 3.63. The van der Waals surface area contributed by atoms with Crippen LogP contribution in [0, 0.1) is 0 Å². The largest absolute Gasteiger partial charge is 0.384 e. The van der Waals surface area contributed by atoms with E-state index in [1.807, 2.05) is 48.5 Å². The van der Waals surface area contributed by atoms with E-state index in [2.05, 4.69) is 31.5 Å². The Hall–Kier alpha value is -2.11. The molecule has 2 N–H and O–H groups in total. The minimum atomic E-state index is -0.0533. The number of nitrogens with zero attached hydrogens (tertiary/aromatic N) is 1. The number of anilines is 1. The number of pyridine rings is 1. The molecule has 26 heavy (non-hydrogen) atoms. The summed E-state index contributed by atoms with van der Waals surface area (Å²) in [5, 5.41) is 8.12. The second-order valence-electron chi connectivity index (χ2n) is 5.89. The predicted octanol–water partition coefficient (Wildman–Crippen LogP) is 5.27. The number of fused-ring (bicyclic) bond motifs is 1. The van der Waals surface area contributed by atoms with Gasteiger partial charge in [0.05, 0.1) is 11.1 Å². The van der Waals surface area contributed by atoms with Crippen molar-refractivity contribution in [3.63, 3.8) is 0 Å². The molecule has 0 saturated heterocycles. The summed E-state index contributed by atoms with van der Waals surface area (Å²) in [6, 6.07) is 15.1. The molecule has 0 bridgehead atoms. The number of hydrogen-bond acceptors (Lipinski definition) is 3. The molecule has 0 aliphatic heterocycles. The minimum absolute atomic E-state index is 0.0533. The molecule has 0 atom stereocenters. The van der Waals surface area contributed by atoms with Crippen LogP contribution in [0.1, 0.15) is 23.2 Å². The highest BCUT2D eigenvalue weighted by atomic mass is 79.9. The lowest BCUT2D eigenvalue weighted by atomic mass is 10.2. The van der Waals surface area contributed by atoms with Crippen molar-refractivity contribution in [2.45, 2.75) is 12.8 Å². The number of amides is 1. The Balaban J connectivity index is 1.44. The lowest BCUT2D eigenvalue weighted by molar-refractivity contribution is 0.0952. The van der Waals surface area contributed by atoms with Crippen molar-refractivity contribution in [3.05, 3.63) is 69.8 Å². The predicted molar refractivity (Wildman–Crippen MR) is 111 cm³/mol. The van der Waals surface area contributed by atoms with Crippen LogP contribution in [0.15, 0.2) is 59.2 Å². The number of carbonyl (C=O) groups excluding carboxylic acids is 1. The molecule has 0 fully saturated rings. The van der Waals surface area contributed by atoms with Gasteiger partial charge < -0.3 is 10.6 Å². The second kappa shape index (κ2) is 9.01. The lowest BCUT2D eigenvalue weighted by Gasteiger charge is -2.10. The molecule has 4 nitrogen and oxygen atoms in total. The van der Waals surface area contributed by atoms with Gasteiger partial charge in [0.25, 0.3) is 5.91 Å². The Bertz CT molecular complexity index is 916. The van der Waals surface area contributed by atoms with E-state index in [1.54, 1.807) is 6.20 Å². The normalized spacial score (nSPS) is 10.7. The molecule has 0 unspecified atom stereocenters. The molecule has 0 saturated carbocycles. The van der Waals surface area contributed by atoms with Crippen molar-refractivity contribution in [1.29, 1.82) is 0 Å². The topological polar surface area (TPSA) is 54.0 Å². The summed E-state index contributed by atoms with van der Waals surface area (Å²) in [6.45, 7) is 1.47. The van der Waals surface area contributed by atoms with Crippen LogP contribution in [0.5, 0.6) is 0 Å². The van der Waals surface area contributed by atoms with Gasteiger partial charge in [0.15, 0.2) is 0 Å². The Morgan fingerprint density at radius 2 is 1.88 bits per heavy atom. The molecule has 0 spiro atoms. The van der Waals surface area contributed by atoms with Crippen LogP contribution in [0.3, 0.4) is 0 Å². The van der Waals surface area contributed by atoms with Crippen LogP contribution in [0.2, 0.25) is 5.02 Å². The summed E-state index contributed by atoms with van der Waals surface area (Å²) in [4.78, 5) is 16.5. The van der Waals surface area contributed by atoms with Gasteiger partial charge in [-0.3, -0.25) is 9.78 Å². The second-order valence-corrected chi connectivity index (χ2v) is 7.18. The van der Waals surface area contributed by atoms with Gasteiger partial charge in [0.1, 0.15) is 0 Å². The fraction of sp³-hybridized carbons (Fsp3) is 0.200. The number of rotatable bonds is 7. The number of halogens is 2. The summed E-state index contributed by atoms with van der Waals surface area (Å²) in [5.41, 5.74) is 2.58. The van der Waals surface area contributed by atoms with E-state index in [9.17, 15) is 4.79 Å². The van der Waals surface area contributed by atoms with Crippen LogP contribution in [0.25, 0.3) is 10.9 Å². The number of carbonyl (C=O) groups is 1. The van der Waals surface area contributed by atoms with Gasteiger partial charge in [-0.25, -0.2) is 0 Å². The maximum Gasteiger partial charge on any atom is 0.252 e. The first-order chi connectivity index (χ1) is 12.6. The van der Waals surface area contributed by atoms with Crippen molar-refractivity contribution in [2.24, 2.45) is 0 Å². The first-order valence-corrected chi connectivity index (χ1v) is 9.63. The van der Waals surface area contributed by atoms with Crippen molar-refractivity contribution in [3.8, 4) is 0 Å². The maximum atomic E-state index is 12.1. The molecule has 6 heteroatoms. The zero-order chi connectivity index (χ0) is 18.4. The zero-order valence-corrected chi connectivity index (χ0v) is 16.5. The minimum Gasteiger partial charge on any atom is -0.384 e. The van der Waals surface area contributed by atoms with E-state index >= 15 is 0 Å². The molecule has 1 heterocycles. The quantitative estimate of drug-likeness (QED) is 0.500. The van der Waals surface area contributed by atoms with Gasteiger partial charge in [-0.1, -0.05) is 23.7 Å². The summed E-state index contributed by atoms with van der Waals surface area (Å²) in [5.74, 6) is -0.0533. The van der Waals surface area contributed by atoms with Crippen molar-refractivity contribution >= 4 is 50.0 Å². The summed E-state index contributed by atoms with van der Waals surface area (Å²) < 4.78 is 0.809. The molecular formula is C20H19BrClN3O. The summed E-state index contributed by atoms with van der Waals surface area (Å²) >= 11 is 9.41. The lowest BCUT2D eigenvalue weighted by Crippen LogP contribution is -2.25. The Kier molecular flexibility index (Phi) is 6.47. The number of unbranched alkanes of at least 4 members (excludes halogenated alkanes) is 1. The average molecular weight is 433 g/mol. The molecule has 1 aromatic heterocycles. The van der Waals surface area contributed by atoms with Gasteiger partial charge >= 0.3 is 0 Å². The molecule has 2 aromatic carbocycles. The van der Waals surface area contributed by atoms with Crippen LogP contribution in [-0.2, 0) is 0 Å². The SMILES string of the molecule is O=C(NCCCCNc1ccnc2cc(Cl)ccc12)c1ccccc1Br.